The van der Waals surface area contributed by atoms with Gasteiger partial charge in [-0.15, -0.1) is 0 Å². The first kappa shape index (κ1) is 20.3. The summed E-state index contributed by atoms with van der Waals surface area (Å²) in [6.45, 7) is 1.86. The zero-order valence-electron chi connectivity index (χ0n) is 14.8. The summed E-state index contributed by atoms with van der Waals surface area (Å²) in [6.07, 6.45) is -4.57. The van der Waals surface area contributed by atoms with Gasteiger partial charge in [0.1, 0.15) is 5.75 Å². The molecule has 28 heavy (non-hydrogen) atoms. The number of hydrogen-bond acceptors (Lipinski definition) is 4. The highest BCUT2D eigenvalue weighted by atomic mass is 35.5. The number of para-hydroxylation sites is 1. The number of hydrogen-bond donors (Lipinski definition) is 1. The fraction of sp³-hybridized carbons (Fsp3) is 0.316. The van der Waals surface area contributed by atoms with Crippen LogP contribution in [0.25, 0.3) is 0 Å². The zero-order valence-corrected chi connectivity index (χ0v) is 15.5. The maximum Gasteiger partial charge on any atom is 0.419 e. The minimum atomic E-state index is -4.57. The van der Waals surface area contributed by atoms with Crippen LogP contribution in [0.5, 0.6) is 5.75 Å². The molecule has 1 aliphatic heterocycles. The summed E-state index contributed by atoms with van der Waals surface area (Å²) in [7, 11) is 0. The minimum Gasteiger partial charge on any atom is -0.483 e. The molecule has 0 unspecified atom stereocenters. The van der Waals surface area contributed by atoms with Crippen LogP contribution in [0.15, 0.2) is 42.5 Å². The van der Waals surface area contributed by atoms with Crippen molar-refractivity contribution >= 4 is 28.9 Å². The molecule has 1 heterocycles. The second-order valence-corrected chi connectivity index (χ2v) is 6.53. The van der Waals surface area contributed by atoms with E-state index >= 15 is 0 Å². The highest BCUT2D eigenvalue weighted by Gasteiger charge is 2.34. The molecule has 150 valence electrons. The van der Waals surface area contributed by atoms with Crippen molar-refractivity contribution in [2.75, 3.05) is 43.1 Å². The van der Waals surface area contributed by atoms with E-state index in [0.29, 0.717) is 37.0 Å². The van der Waals surface area contributed by atoms with E-state index in [-0.39, 0.29) is 0 Å². The molecular weight excluding hydrogens is 397 g/mol. The maximum absolute atomic E-state index is 13.0. The molecule has 1 aliphatic rings. The molecule has 0 spiro atoms. The van der Waals surface area contributed by atoms with Gasteiger partial charge in [-0.1, -0.05) is 23.7 Å². The van der Waals surface area contributed by atoms with E-state index in [0.717, 1.165) is 11.8 Å². The van der Waals surface area contributed by atoms with E-state index < -0.39 is 30.0 Å². The lowest BCUT2D eigenvalue weighted by molar-refractivity contribution is -0.139. The Hall–Kier alpha value is -2.45. The molecule has 0 bridgehead atoms. The van der Waals surface area contributed by atoms with Crippen LogP contribution in [0, 0.1) is 0 Å². The second kappa shape index (κ2) is 8.70. The molecule has 1 fully saturated rings. The highest BCUT2D eigenvalue weighted by molar-refractivity contribution is 6.31. The standard InChI is InChI=1S/C19H18ClF3N2O3/c20-13-5-6-16(25-7-9-27-10-8-25)15(11-13)24-18(26)12-28-17-4-2-1-3-14(17)19(21,22)23/h1-6,11H,7-10,12H2,(H,24,26). The largest absolute Gasteiger partial charge is 0.483 e. The molecule has 2 aromatic rings. The van der Waals surface area contributed by atoms with Crippen LogP contribution in [-0.4, -0.2) is 38.8 Å². The molecule has 1 amide bonds. The van der Waals surface area contributed by atoms with Crippen molar-refractivity contribution in [2.24, 2.45) is 0 Å². The number of ether oxygens (including phenoxy) is 2. The van der Waals surface area contributed by atoms with E-state index in [1.165, 1.54) is 18.2 Å². The van der Waals surface area contributed by atoms with E-state index in [9.17, 15) is 18.0 Å². The van der Waals surface area contributed by atoms with Crippen molar-refractivity contribution in [1.82, 2.24) is 0 Å². The Morgan fingerprint density at radius 2 is 1.89 bits per heavy atom. The smallest absolute Gasteiger partial charge is 0.419 e. The van der Waals surface area contributed by atoms with Gasteiger partial charge in [-0.3, -0.25) is 4.79 Å². The summed E-state index contributed by atoms with van der Waals surface area (Å²) < 4.78 is 49.5. The van der Waals surface area contributed by atoms with Crippen LogP contribution in [0.3, 0.4) is 0 Å². The van der Waals surface area contributed by atoms with Gasteiger partial charge in [0.25, 0.3) is 5.91 Å². The van der Waals surface area contributed by atoms with Crippen molar-refractivity contribution in [3.63, 3.8) is 0 Å². The lowest BCUT2D eigenvalue weighted by Crippen LogP contribution is -2.37. The SMILES string of the molecule is O=C(COc1ccccc1C(F)(F)F)Nc1cc(Cl)ccc1N1CCOCC1. The van der Waals surface area contributed by atoms with Crippen LogP contribution >= 0.6 is 11.6 Å². The summed E-state index contributed by atoms with van der Waals surface area (Å²) in [6, 6.07) is 9.83. The Kier molecular flexibility index (Phi) is 6.31. The zero-order chi connectivity index (χ0) is 20.1. The maximum atomic E-state index is 13.0. The molecule has 3 rings (SSSR count). The van der Waals surface area contributed by atoms with Crippen LogP contribution in [-0.2, 0) is 15.7 Å². The lowest BCUT2D eigenvalue weighted by atomic mass is 10.2. The van der Waals surface area contributed by atoms with Gasteiger partial charge >= 0.3 is 6.18 Å². The Bertz CT molecular complexity index is 839. The molecule has 2 aromatic carbocycles. The first-order valence-electron chi connectivity index (χ1n) is 8.56. The predicted molar refractivity (Wildman–Crippen MR) is 100 cm³/mol. The Morgan fingerprint density at radius 1 is 1.18 bits per heavy atom. The van der Waals surface area contributed by atoms with E-state index in [1.54, 1.807) is 18.2 Å². The summed E-state index contributed by atoms with van der Waals surface area (Å²) in [5.41, 5.74) is 0.295. The third-order valence-corrected chi connectivity index (χ3v) is 4.37. The Morgan fingerprint density at radius 3 is 2.61 bits per heavy atom. The molecule has 1 N–H and O–H groups in total. The monoisotopic (exact) mass is 414 g/mol. The Balaban J connectivity index is 1.70. The van der Waals surface area contributed by atoms with Crippen molar-refractivity contribution in [3.05, 3.63) is 53.1 Å². The summed E-state index contributed by atoms with van der Waals surface area (Å²) in [5, 5.41) is 3.09. The molecule has 9 heteroatoms. The highest BCUT2D eigenvalue weighted by Crippen LogP contribution is 2.36. The number of carbonyl (C=O) groups is 1. The fourth-order valence-corrected chi connectivity index (χ4v) is 3.02. The van der Waals surface area contributed by atoms with Crippen LogP contribution in [0.2, 0.25) is 5.02 Å². The van der Waals surface area contributed by atoms with Gasteiger partial charge in [-0.25, -0.2) is 0 Å². The van der Waals surface area contributed by atoms with Gasteiger partial charge in [0.2, 0.25) is 0 Å². The Labute approximate surface area is 165 Å². The number of halogens is 4. The van der Waals surface area contributed by atoms with Gasteiger partial charge in [-0.2, -0.15) is 13.2 Å². The minimum absolute atomic E-state index is 0.398. The topological polar surface area (TPSA) is 50.8 Å². The van der Waals surface area contributed by atoms with Crippen LogP contribution < -0.4 is 15.0 Å². The lowest BCUT2D eigenvalue weighted by Gasteiger charge is -2.30. The quantitative estimate of drug-likeness (QED) is 0.796. The number of benzene rings is 2. The molecule has 0 aliphatic carbocycles. The molecule has 5 nitrogen and oxygen atoms in total. The number of alkyl halides is 3. The van der Waals surface area contributed by atoms with Crippen molar-refractivity contribution < 1.29 is 27.4 Å². The number of anilines is 2. The average molecular weight is 415 g/mol. The average Bonchev–Trinajstić information content (AvgIpc) is 2.67. The molecule has 0 atom stereocenters. The number of morpholine rings is 1. The van der Waals surface area contributed by atoms with Gasteiger partial charge in [-0.05, 0) is 30.3 Å². The normalized spacial score (nSPS) is 14.6. The first-order chi connectivity index (χ1) is 13.3. The van der Waals surface area contributed by atoms with E-state index in [1.807, 2.05) is 4.90 Å². The van der Waals surface area contributed by atoms with Crippen LogP contribution in [0.4, 0.5) is 24.5 Å². The summed E-state index contributed by atoms with van der Waals surface area (Å²) in [5.74, 6) is -0.988. The molecular formula is C19H18ClF3N2O3. The summed E-state index contributed by atoms with van der Waals surface area (Å²) >= 11 is 6.03. The molecule has 0 saturated carbocycles. The predicted octanol–water partition coefficient (Wildman–Crippen LogP) is 4.21. The fourth-order valence-electron chi connectivity index (χ4n) is 2.84. The van der Waals surface area contributed by atoms with Crippen LogP contribution in [0.1, 0.15) is 5.56 Å². The van der Waals surface area contributed by atoms with Gasteiger partial charge < -0.3 is 19.7 Å². The van der Waals surface area contributed by atoms with Crippen molar-refractivity contribution in [1.29, 1.82) is 0 Å². The third kappa shape index (κ3) is 5.08. The number of carbonyl (C=O) groups excluding carboxylic acids is 1. The first-order valence-corrected chi connectivity index (χ1v) is 8.93. The third-order valence-electron chi connectivity index (χ3n) is 4.14. The van der Waals surface area contributed by atoms with E-state index in [2.05, 4.69) is 5.32 Å². The van der Waals surface area contributed by atoms with Crippen molar-refractivity contribution in [3.8, 4) is 5.75 Å². The number of rotatable bonds is 5. The molecule has 1 saturated heterocycles. The molecule has 0 aromatic heterocycles. The second-order valence-electron chi connectivity index (χ2n) is 6.09. The summed E-state index contributed by atoms with van der Waals surface area (Å²) in [4.78, 5) is 14.3. The van der Waals surface area contributed by atoms with Gasteiger partial charge in [0.15, 0.2) is 6.61 Å². The van der Waals surface area contributed by atoms with Crippen molar-refractivity contribution in [2.45, 2.75) is 6.18 Å². The van der Waals surface area contributed by atoms with E-state index in [4.69, 9.17) is 21.1 Å². The molecule has 0 radical (unpaired) electrons. The van der Waals surface area contributed by atoms with Gasteiger partial charge in [0.05, 0.1) is 30.2 Å². The number of amides is 1. The van der Waals surface area contributed by atoms with Gasteiger partial charge in [0, 0.05) is 18.1 Å². The number of nitrogens with zero attached hydrogens (tertiary/aromatic N) is 1. The number of nitrogens with one attached hydrogen (secondary N) is 1.